The summed E-state index contributed by atoms with van der Waals surface area (Å²) in [6.07, 6.45) is 1.02. The molecule has 3 aromatic carbocycles. The Kier molecular flexibility index (Phi) is 7.62. The molecule has 3 aromatic rings. The molecule has 0 saturated carbocycles. The Morgan fingerprint density at radius 3 is 2.16 bits per heavy atom. The van der Waals surface area contributed by atoms with Gasteiger partial charge in [0.15, 0.2) is 11.5 Å². The summed E-state index contributed by atoms with van der Waals surface area (Å²) in [5, 5.41) is 5.16. The molecule has 7 nitrogen and oxygen atoms in total. The molecule has 1 fully saturated rings. The maximum atomic E-state index is 13.0. The fourth-order valence-corrected chi connectivity index (χ4v) is 4.79. The summed E-state index contributed by atoms with van der Waals surface area (Å²) in [5.74, 6) is 1.70. The third-order valence-electron chi connectivity index (χ3n) is 6.67. The average molecular weight is 505 g/mol. The van der Waals surface area contributed by atoms with Crippen molar-refractivity contribution in [2.24, 2.45) is 5.92 Å². The first kappa shape index (κ1) is 26.3. The summed E-state index contributed by atoms with van der Waals surface area (Å²) in [6.45, 7) is 7.00. The number of carbonyl (C=O) groups excluding carboxylic acids is 2. The minimum Gasteiger partial charge on any atom is -0.493 e. The van der Waals surface area contributed by atoms with Crippen LogP contribution in [0, 0.1) is 5.92 Å². The highest BCUT2D eigenvalue weighted by Crippen LogP contribution is 2.41. The van der Waals surface area contributed by atoms with Crippen LogP contribution in [0.15, 0.2) is 48.5 Å². The molecule has 0 spiro atoms. The molecule has 196 valence electrons. The van der Waals surface area contributed by atoms with E-state index >= 15 is 0 Å². The number of hydrogen-bond donors (Lipinski definition) is 1. The predicted octanol–water partition coefficient (Wildman–Crippen LogP) is 4.84. The van der Waals surface area contributed by atoms with Crippen molar-refractivity contribution in [1.29, 1.82) is 0 Å². The van der Waals surface area contributed by atoms with E-state index in [0.29, 0.717) is 43.2 Å². The summed E-state index contributed by atoms with van der Waals surface area (Å²) < 4.78 is 16.4. The molecule has 0 aliphatic carbocycles. The molecule has 7 heteroatoms. The molecule has 1 unspecified atom stereocenters. The van der Waals surface area contributed by atoms with Gasteiger partial charge in [-0.25, -0.2) is 0 Å². The molecule has 4 rings (SSSR count). The summed E-state index contributed by atoms with van der Waals surface area (Å²) in [5.41, 5.74) is 2.66. The molecular weight excluding hydrogens is 468 g/mol. The van der Waals surface area contributed by atoms with Crippen LogP contribution in [0.5, 0.6) is 17.2 Å². The van der Waals surface area contributed by atoms with Crippen LogP contribution in [0.4, 0.5) is 0 Å². The smallest absolute Gasteiger partial charge is 0.227 e. The summed E-state index contributed by atoms with van der Waals surface area (Å²) in [4.78, 5) is 27.3. The number of benzene rings is 3. The zero-order valence-corrected chi connectivity index (χ0v) is 22.5. The Morgan fingerprint density at radius 1 is 0.892 bits per heavy atom. The number of carbonyl (C=O) groups is 2. The van der Waals surface area contributed by atoms with E-state index in [1.54, 1.807) is 21.3 Å². The number of nitrogens with zero attached hydrogens (tertiary/aromatic N) is 1. The topological polar surface area (TPSA) is 77.1 Å². The van der Waals surface area contributed by atoms with E-state index in [-0.39, 0.29) is 23.3 Å². The van der Waals surface area contributed by atoms with Gasteiger partial charge in [-0.15, -0.1) is 0 Å². The van der Waals surface area contributed by atoms with Crippen LogP contribution in [-0.4, -0.2) is 56.7 Å². The van der Waals surface area contributed by atoms with Crippen molar-refractivity contribution >= 4 is 22.6 Å². The van der Waals surface area contributed by atoms with Crippen molar-refractivity contribution in [2.75, 3.05) is 34.4 Å². The zero-order chi connectivity index (χ0) is 26.7. The van der Waals surface area contributed by atoms with E-state index in [2.05, 4.69) is 23.5 Å². The lowest BCUT2D eigenvalue weighted by Gasteiger charge is -2.23. The molecule has 37 heavy (non-hydrogen) atoms. The third kappa shape index (κ3) is 5.98. The van der Waals surface area contributed by atoms with E-state index in [0.717, 1.165) is 27.5 Å². The Labute approximate surface area is 218 Å². The Morgan fingerprint density at radius 2 is 1.54 bits per heavy atom. The van der Waals surface area contributed by atoms with Crippen LogP contribution in [0.3, 0.4) is 0 Å². The molecule has 1 atom stereocenters. The monoisotopic (exact) mass is 504 g/mol. The molecule has 1 heterocycles. The highest BCUT2D eigenvalue weighted by atomic mass is 16.5. The van der Waals surface area contributed by atoms with E-state index in [4.69, 9.17) is 14.2 Å². The van der Waals surface area contributed by atoms with Gasteiger partial charge in [-0.05, 0) is 72.9 Å². The standard InChI is InChI=1S/C30H36N2O5/c1-30(2,3)31-29(34)23-11-12-32(18-23)27(33)14-19-7-8-21-15-22(10-9-20(21)13-19)24-16-25(35-4)28(37-6)26(17-24)36-5/h7-10,13,15-17,23H,11-12,14,18H2,1-6H3,(H,31,34). The quantitative estimate of drug-likeness (QED) is 0.498. The van der Waals surface area contributed by atoms with Crippen molar-refractivity contribution in [1.82, 2.24) is 10.2 Å². The lowest BCUT2D eigenvalue weighted by Crippen LogP contribution is -2.44. The lowest BCUT2D eigenvalue weighted by atomic mass is 9.98. The van der Waals surface area contributed by atoms with Crippen LogP contribution in [0.25, 0.3) is 21.9 Å². The number of amides is 2. The van der Waals surface area contributed by atoms with Crippen LogP contribution in [-0.2, 0) is 16.0 Å². The molecule has 1 saturated heterocycles. The molecule has 0 bridgehead atoms. The van der Waals surface area contributed by atoms with Gasteiger partial charge >= 0.3 is 0 Å². The van der Waals surface area contributed by atoms with Gasteiger partial charge in [-0.2, -0.15) is 0 Å². The zero-order valence-electron chi connectivity index (χ0n) is 22.5. The normalized spacial score (nSPS) is 15.5. The maximum absolute atomic E-state index is 13.0. The Balaban J connectivity index is 1.48. The predicted molar refractivity (Wildman–Crippen MR) is 145 cm³/mol. The van der Waals surface area contributed by atoms with Crippen molar-refractivity contribution in [3.05, 3.63) is 54.1 Å². The van der Waals surface area contributed by atoms with E-state index in [1.165, 1.54) is 0 Å². The van der Waals surface area contributed by atoms with E-state index in [1.807, 2.05) is 56.0 Å². The Bertz CT molecular complexity index is 1290. The van der Waals surface area contributed by atoms with Crippen LogP contribution >= 0.6 is 0 Å². The minimum absolute atomic E-state index is 0.0245. The van der Waals surface area contributed by atoms with Crippen LogP contribution in [0.1, 0.15) is 32.8 Å². The fourth-order valence-electron chi connectivity index (χ4n) is 4.79. The number of likely N-dealkylation sites (tertiary alicyclic amines) is 1. The highest BCUT2D eigenvalue weighted by Gasteiger charge is 2.32. The van der Waals surface area contributed by atoms with Gasteiger partial charge < -0.3 is 24.4 Å². The van der Waals surface area contributed by atoms with E-state index < -0.39 is 0 Å². The van der Waals surface area contributed by atoms with Gasteiger partial charge in [-0.3, -0.25) is 9.59 Å². The molecule has 1 N–H and O–H groups in total. The van der Waals surface area contributed by atoms with Gasteiger partial charge in [0.25, 0.3) is 0 Å². The molecule has 1 aliphatic rings. The second-order valence-corrected chi connectivity index (χ2v) is 10.6. The number of rotatable bonds is 7. The summed E-state index contributed by atoms with van der Waals surface area (Å²) in [6, 6.07) is 16.2. The van der Waals surface area contributed by atoms with Gasteiger partial charge in [0, 0.05) is 18.6 Å². The number of methoxy groups -OCH3 is 3. The first-order chi connectivity index (χ1) is 17.6. The summed E-state index contributed by atoms with van der Waals surface area (Å²) in [7, 11) is 4.80. The highest BCUT2D eigenvalue weighted by molar-refractivity contribution is 5.90. The average Bonchev–Trinajstić information content (AvgIpc) is 3.37. The second-order valence-electron chi connectivity index (χ2n) is 10.6. The largest absolute Gasteiger partial charge is 0.493 e. The Hall–Kier alpha value is -3.74. The molecule has 1 aliphatic heterocycles. The van der Waals surface area contributed by atoms with Crippen molar-refractivity contribution < 1.29 is 23.8 Å². The molecule has 2 amide bonds. The minimum atomic E-state index is -0.273. The molecule has 0 aromatic heterocycles. The van der Waals surface area contributed by atoms with Crippen molar-refractivity contribution in [2.45, 2.75) is 39.2 Å². The maximum Gasteiger partial charge on any atom is 0.227 e. The number of nitrogens with one attached hydrogen (secondary N) is 1. The lowest BCUT2D eigenvalue weighted by molar-refractivity contribution is -0.130. The molecule has 0 radical (unpaired) electrons. The van der Waals surface area contributed by atoms with Gasteiger partial charge in [0.1, 0.15) is 0 Å². The number of hydrogen-bond acceptors (Lipinski definition) is 5. The first-order valence-electron chi connectivity index (χ1n) is 12.5. The van der Waals surface area contributed by atoms with Gasteiger partial charge in [0.2, 0.25) is 17.6 Å². The third-order valence-corrected chi connectivity index (χ3v) is 6.67. The van der Waals surface area contributed by atoms with Gasteiger partial charge in [0.05, 0.1) is 33.7 Å². The van der Waals surface area contributed by atoms with E-state index in [9.17, 15) is 9.59 Å². The van der Waals surface area contributed by atoms with Gasteiger partial charge in [-0.1, -0.05) is 30.3 Å². The second kappa shape index (κ2) is 10.7. The number of fused-ring (bicyclic) bond motifs is 1. The first-order valence-corrected chi connectivity index (χ1v) is 12.5. The van der Waals surface area contributed by atoms with Crippen molar-refractivity contribution in [3.8, 4) is 28.4 Å². The SMILES string of the molecule is COc1cc(-c2ccc3cc(CC(=O)N4CCC(C(=O)NC(C)(C)C)C4)ccc3c2)cc(OC)c1OC. The summed E-state index contributed by atoms with van der Waals surface area (Å²) >= 11 is 0. The van der Waals surface area contributed by atoms with Crippen LogP contribution < -0.4 is 19.5 Å². The number of ether oxygens (including phenoxy) is 3. The fraction of sp³-hybridized carbons (Fsp3) is 0.400. The van der Waals surface area contributed by atoms with Crippen molar-refractivity contribution in [3.63, 3.8) is 0 Å². The van der Waals surface area contributed by atoms with Crippen LogP contribution in [0.2, 0.25) is 0 Å². The molecular formula is C30H36N2O5.